The molecule has 0 radical (unpaired) electrons. The predicted molar refractivity (Wildman–Crippen MR) is 206 cm³/mol. The van der Waals surface area contributed by atoms with Gasteiger partial charge in [-0.3, -0.25) is 0 Å². The monoisotopic (exact) mass is 594 g/mol. The standard InChI is InChI=1S/C46H26.CH4/c1-3-13-27(14-4-1)40-39-26-37-32-20-10-9-19-31(32)34-22-12-23-35(42(34)37)44(39)41(28-15-5-2-6-16-28)46-38-25-29-17-7-8-18-30(29)33-21-11-24-36(43(33)38)45(40)46;/h1-26H;1H4. The summed E-state index contributed by atoms with van der Waals surface area (Å²) in [4.78, 5) is 0. The van der Waals surface area contributed by atoms with E-state index in [4.69, 9.17) is 0 Å². The van der Waals surface area contributed by atoms with E-state index in [1.807, 2.05) is 0 Å². The van der Waals surface area contributed by atoms with E-state index in [0.29, 0.717) is 0 Å². The Hall–Kier alpha value is -5.98. The second-order valence-corrected chi connectivity index (χ2v) is 12.7. The Balaban J connectivity index is 0.00000285. The minimum atomic E-state index is 0. The largest absolute Gasteiger partial charge is 0.0776 e. The van der Waals surface area contributed by atoms with Crippen LogP contribution >= 0.6 is 0 Å². The fraction of sp³-hybridized carbons (Fsp3) is 0.0213. The maximum Gasteiger partial charge on any atom is -0.000697 e. The summed E-state index contributed by atoms with van der Waals surface area (Å²) in [6.07, 6.45) is 0. The van der Waals surface area contributed by atoms with Gasteiger partial charge in [0.25, 0.3) is 0 Å². The van der Waals surface area contributed by atoms with Gasteiger partial charge in [-0.15, -0.1) is 0 Å². The molecule has 0 unspecified atom stereocenters. The Bertz CT molecular complexity index is 2980. The van der Waals surface area contributed by atoms with Crippen LogP contribution in [-0.4, -0.2) is 0 Å². The van der Waals surface area contributed by atoms with Gasteiger partial charge in [0.2, 0.25) is 0 Å². The van der Waals surface area contributed by atoms with Crippen molar-refractivity contribution in [2.75, 3.05) is 0 Å². The van der Waals surface area contributed by atoms with Crippen molar-refractivity contribution in [1.82, 2.24) is 0 Å². The highest BCUT2D eigenvalue weighted by atomic mass is 14.3. The third-order valence-electron chi connectivity index (χ3n) is 10.5. The molecule has 0 saturated heterocycles. The number of hydrogen-bond acceptors (Lipinski definition) is 0. The Kier molecular flexibility index (Phi) is 5.32. The van der Waals surface area contributed by atoms with Crippen LogP contribution in [0.4, 0.5) is 0 Å². The van der Waals surface area contributed by atoms with Crippen molar-refractivity contribution in [2.24, 2.45) is 0 Å². The lowest BCUT2D eigenvalue weighted by atomic mass is 9.84. The molecular weight excluding hydrogens is 565 g/mol. The molecule has 0 aliphatic carbocycles. The molecule has 0 amide bonds. The third-order valence-corrected chi connectivity index (χ3v) is 10.5. The molecule has 47 heavy (non-hydrogen) atoms. The molecule has 0 N–H and O–H groups in total. The molecule has 0 atom stereocenters. The highest BCUT2D eigenvalue weighted by Gasteiger charge is 2.26. The molecule has 0 nitrogen and oxygen atoms in total. The lowest BCUT2D eigenvalue weighted by Crippen LogP contribution is -1.91. The molecule has 0 heterocycles. The van der Waals surface area contributed by atoms with E-state index in [-0.39, 0.29) is 7.43 Å². The van der Waals surface area contributed by atoms with E-state index >= 15 is 0 Å². The lowest BCUT2D eigenvalue weighted by molar-refractivity contribution is 1.68. The van der Waals surface area contributed by atoms with E-state index in [9.17, 15) is 0 Å². The van der Waals surface area contributed by atoms with E-state index in [1.165, 1.54) is 108 Å². The Morgan fingerprint density at radius 3 is 1.40 bits per heavy atom. The molecule has 11 rings (SSSR count). The fourth-order valence-corrected chi connectivity index (χ4v) is 8.76. The normalized spacial score (nSPS) is 12.1. The topological polar surface area (TPSA) is 0 Å². The summed E-state index contributed by atoms with van der Waals surface area (Å²) in [5.74, 6) is 0. The summed E-state index contributed by atoms with van der Waals surface area (Å²) in [5.41, 5.74) is 5.17. The summed E-state index contributed by atoms with van der Waals surface area (Å²) in [5, 5.41) is 21.3. The summed E-state index contributed by atoms with van der Waals surface area (Å²) >= 11 is 0. The molecule has 0 heteroatoms. The fourth-order valence-electron chi connectivity index (χ4n) is 8.76. The van der Waals surface area contributed by atoms with Crippen LogP contribution in [0.15, 0.2) is 158 Å². The molecule has 11 aromatic carbocycles. The minimum absolute atomic E-state index is 0. The molecule has 0 aliphatic rings. The van der Waals surface area contributed by atoms with Gasteiger partial charge < -0.3 is 0 Å². The first-order valence-corrected chi connectivity index (χ1v) is 16.1. The zero-order chi connectivity index (χ0) is 29.9. The third kappa shape index (κ3) is 3.32. The highest BCUT2D eigenvalue weighted by molar-refractivity contribution is 6.46. The number of benzene rings is 9. The average molecular weight is 595 g/mol. The molecule has 0 aromatic heterocycles. The van der Waals surface area contributed by atoms with E-state index in [0.717, 1.165) is 0 Å². The molecule has 0 saturated carbocycles. The highest BCUT2D eigenvalue weighted by Crippen LogP contribution is 2.55. The number of rotatable bonds is 2. The predicted octanol–water partition coefficient (Wildman–Crippen LogP) is 13.8. The summed E-state index contributed by atoms with van der Waals surface area (Å²) in [7, 11) is 0. The summed E-state index contributed by atoms with van der Waals surface area (Å²) in [6.45, 7) is 0. The first-order chi connectivity index (χ1) is 22.9. The molecule has 0 bridgehead atoms. The maximum absolute atomic E-state index is 2.52. The Morgan fingerprint density at radius 1 is 0.234 bits per heavy atom. The van der Waals surface area contributed by atoms with E-state index in [1.54, 1.807) is 0 Å². The van der Waals surface area contributed by atoms with Crippen LogP contribution in [0, 0.1) is 0 Å². The molecular formula is C47H30. The van der Waals surface area contributed by atoms with Gasteiger partial charge in [-0.05, 0) is 121 Å². The van der Waals surface area contributed by atoms with Crippen LogP contribution in [0.25, 0.3) is 108 Å². The smallest absolute Gasteiger partial charge is 0.000697 e. The molecule has 218 valence electrons. The summed E-state index contributed by atoms with van der Waals surface area (Å²) in [6, 6.07) is 58.8. The van der Waals surface area contributed by atoms with Crippen LogP contribution in [-0.2, 0) is 0 Å². The molecule has 11 aromatic rings. The molecule has 0 spiro atoms. The summed E-state index contributed by atoms with van der Waals surface area (Å²) < 4.78 is 0. The van der Waals surface area contributed by atoms with Crippen molar-refractivity contribution in [1.29, 1.82) is 0 Å². The van der Waals surface area contributed by atoms with Gasteiger partial charge in [0.05, 0.1) is 0 Å². The van der Waals surface area contributed by atoms with Gasteiger partial charge in [0.1, 0.15) is 0 Å². The van der Waals surface area contributed by atoms with Crippen molar-refractivity contribution >= 4 is 86.2 Å². The van der Waals surface area contributed by atoms with Crippen molar-refractivity contribution in [2.45, 2.75) is 7.43 Å². The van der Waals surface area contributed by atoms with Gasteiger partial charge >= 0.3 is 0 Å². The van der Waals surface area contributed by atoms with Crippen LogP contribution in [0.5, 0.6) is 0 Å². The van der Waals surface area contributed by atoms with Gasteiger partial charge in [-0.1, -0.05) is 153 Å². The van der Waals surface area contributed by atoms with Gasteiger partial charge in [-0.2, -0.15) is 0 Å². The lowest BCUT2D eigenvalue weighted by Gasteiger charge is -2.19. The van der Waals surface area contributed by atoms with E-state index in [2.05, 4.69) is 158 Å². The van der Waals surface area contributed by atoms with Crippen molar-refractivity contribution in [3.63, 3.8) is 0 Å². The van der Waals surface area contributed by atoms with Gasteiger partial charge in [0, 0.05) is 0 Å². The first kappa shape index (κ1) is 26.3. The van der Waals surface area contributed by atoms with Crippen molar-refractivity contribution in [3.05, 3.63) is 158 Å². The minimum Gasteiger partial charge on any atom is -0.0776 e. The van der Waals surface area contributed by atoms with Crippen molar-refractivity contribution < 1.29 is 0 Å². The zero-order valence-electron chi connectivity index (χ0n) is 25.0. The molecule has 0 fully saturated rings. The maximum atomic E-state index is 2.52. The van der Waals surface area contributed by atoms with Gasteiger partial charge in [-0.25, -0.2) is 0 Å². The van der Waals surface area contributed by atoms with E-state index < -0.39 is 0 Å². The van der Waals surface area contributed by atoms with Crippen LogP contribution in [0.3, 0.4) is 0 Å². The number of fused-ring (bicyclic) bond motifs is 10. The van der Waals surface area contributed by atoms with Crippen molar-refractivity contribution in [3.8, 4) is 22.3 Å². The Labute approximate surface area is 272 Å². The van der Waals surface area contributed by atoms with Crippen LogP contribution < -0.4 is 0 Å². The second kappa shape index (κ2) is 9.52. The average Bonchev–Trinajstić information content (AvgIpc) is 3.62. The molecule has 0 aliphatic heterocycles. The van der Waals surface area contributed by atoms with Gasteiger partial charge in [0.15, 0.2) is 0 Å². The SMILES string of the molecule is C.c1ccc(-c2c3cc4c5ccccc5c5cccc(c3c(-c3ccccc3)c3c6cc7ccccc7c7cccc(c23)c76)c54)cc1. The number of hydrogen-bond donors (Lipinski definition) is 0. The van der Waals surface area contributed by atoms with Crippen LogP contribution in [0.2, 0.25) is 0 Å². The second-order valence-electron chi connectivity index (χ2n) is 12.7. The first-order valence-electron chi connectivity index (χ1n) is 16.1. The Morgan fingerprint density at radius 2 is 0.702 bits per heavy atom. The quantitative estimate of drug-likeness (QED) is 0.175. The van der Waals surface area contributed by atoms with Crippen LogP contribution in [0.1, 0.15) is 7.43 Å². The zero-order valence-corrected chi connectivity index (χ0v) is 25.0.